The summed E-state index contributed by atoms with van der Waals surface area (Å²) < 4.78 is 0. The van der Waals surface area contributed by atoms with Crippen molar-refractivity contribution in [2.45, 2.75) is 33.2 Å². The van der Waals surface area contributed by atoms with Crippen molar-refractivity contribution in [2.24, 2.45) is 5.73 Å². The Hall–Kier alpha value is -1.62. The van der Waals surface area contributed by atoms with E-state index in [1.807, 2.05) is 39.0 Å². The minimum absolute atomic E-state index is 0.126. The molecule has 4 nitrogen and oxygen atoms in total. The zero-order valence-electron chi connectivity index (χ0n) is 11.5. The summed E-state index contributed by atoms with van der Waals surface area (Å²) in [6.07, 6.45) is 0.402. The quantitative estimate of drug-likeness (QED) is 0.806. The van der Waals surface area contributed by atoms with Gasteiger partial charge < -0.3 is 15.7 Å². The fraction of sp³-hybridized carbons (Fsp3) is 0.429. The summed E-state index contributed by atoms with van der Waals surface area (Å²) >= 11 is 4.93. The molecule has 1 aromatic rings. The van der Waals surface area contributed by atoms with E-state index in [1.54, 1.807) is 4.90 Å². The predicted molar refractivity (Wildman–Crippen MR) is 80.2 cm³/mol. The Morgan fingerprint density at radius 2 is 1.95 bits per heavy atom. The van der Waals surface area contributed by atoms with Crippen molar-refractivity contribution in [3.63, 3.8) is 0 Å². The molecule has 3 N–H and O–H groups in total. The molecule has 0 spiro atoms. The van der Waals surface area contributed by atoms with Crippen LogP contribution >= 0.6 is 12.2 Å². The fourth-order valence-corrected chi connectivity index (χ4v) is 2.48. The van der Waals surface area contributed by atoms with Gasteiger partial charge in [0.15, 0.2) is 5.11 Å². The number of carbonyl (C=O) groups is 1. The highest BCUT2D eigenvalue weighted by molar-refractivity contribution is 7.80. The number of carboxylic acid groups (broad SMARTS) is 1. The number of nitrogens with two attached hydrogens (primary N) is 1. The maximum Gasteiger partial charge on any atom is 0.326 e. The summed E-state index contributed by atoms with van der Waals surface area (Å²) in [5.74, 6) is -0.905. The normalized spacial score (nSPS) is 11.9. The largest absolute Gasteiger partial charge is 0.480 e. The van der Waals surface area contributed by atoms with Gasteiger partial charge in [0, 0.05) is 13.0 Å². The van der Waals surface area contributed by atoms with Crippen molar-refractivity contribution in [3.8, 4) is 0 Å². The van der Waals surface area contributed by atoms with Crippen LogP contribution in [-0.2, 0) is 11.2 Å². The lowest BCUT2D eigenvalue weighted by Gasteiger charge is -2.29. The fourth-order valence-electron chi connectivity index (χ4n) is 2.22. The summed E-state index contributed by atoms with van der Waals surface area (Å²) in [6, 6.07) is 5.22. The van der Waals surface area contributed by atoms with Crippen LogP contribution in [0.4, 0.5) is 0 Å². The molecule has 0 heterocycles. The molecule has 0 saturated carbocycles. The Balaban J connectivity index is 3.09. The monoisotopic (exact) mass is 280 g/mol. The maximum absolute atomic E-state index is 11.5. The van der Waals surface area contributed by atoms with E-state index in [4.69, 9.17) is 18.0 Å². The number of rotatable bonds is 5. The Morgan fingerprint density at radius 3 is 2.32 bits per heavy atom. The highest BCUT2D eigenvalue weighted by atomic mass is 32.1. The molecule has 1 rings (SSSR count). The van der Waals surface area contributed by atoms with E-state index in [9.17, 15) is 9.90 Å². The summed E-state index contributed by atoms with van der Waals surface area (Å²) in [4.78, 5) is 13.0. The van der Waals surface area contributed by atoms with Crippen LogP contribution in [-0.4, -0.2) is 33.7 Å². The van der Waals surface area contributed by atoms with Gasteiger partial charge in [0.05, 0.1) is 0 Å². The van der Waals surface area contributed by atoms with Gasteiger partial charge in [-0.3, -0.25) is 0 Å². The number of aryl methyl sites for hydroxylation is 2. The van der Waals surface area contributed by atoms with Crippen LogP contribution in [0.2, 0.25) is 0 Å². The van der Waals surface area contributed by atoms with E-state index >= 15 is 0 Å². The smallest absolute Gasteiger partial charge is 0.326 e. The Morgan fingerprint density at radius 1 is 1.42 bits per heavy atom. The second kappa shape index (κ2) is 6.52. The minimum Gasteiger partial charge on any atom is -0.480 e. The molecule has 1 aromatic carbocycles. The van der Waals surface area contributed by atoms with Gasteiger partial charge >= 0.3 is 5.97 Å². The van der Waals surface area contributed by atoms with Crippen molar-refractivity contribution in [3.05, 3.63) is 34.9 Å². The molecular weight excluding hydrogens is 260 g/mol. The third-order valence-electron chi connectivity index (χ3n) is 3.33. The molecule has 0 aliphatic carbocycles. The van der Waals surface area contributed by atoms with Gasteiger partial charge in [0.25, 0.3) is 0 Å². The number of hydrogen-bond donors (Lipinski definition) is 2. The Bertz CT molecular complexity index is 468. The molecule has 0 saturated heterocycles. The van der Waals surface area contributed by atoms with Crippen molar-refractivity contribution in [2.75, 3.05) is 6.54 Å². The lowest BCUT2D eigenvalue weighted by atomic mass is 9.96. The summed E-state index contributed by atoms with van der Waals surface area (Å²) in [5.41, 5.74) is 8.83. The number of carboxylic acids is 1. The van der Waals surface area contributed by atoms with Gasteiger partial charge in [0.2, 0.25) is 0 Å². The highest BCUT2D eigenvalue weighted by Crippen LogP contribution is 2.18. The molecule has 5 heteroatoms. The lowest BCUT2D eigenvalue weighted by Crippen LogP contribution is -2.48. The van der Waals surface area contributed by atoms with Crippen LogP contribution in [0.1, 0.15) is 23.6 Å². The number of nitrogens with zero attached hydrogens (tertiary/aromatic N) is 1. The number of aliphatic carboxylic acids is 1. The number of likely N-dealkylation sites (N-methyl/N-ethyl adjacent to an activating group) is 1. The van der Waals surface area contributed by atoms with Gasteiger partial charge in [-0.1, -0.05) is 18.2 Å². The predicted octanol–water partition coefficient (Wildman–Crippen LogP) is 1.86. The average Bonchev–Trinajstić information content (AvgIpc) is 2.31. The number of hydrogen-bond acceptors (Lipinski definition) is 2. The van der Waals surface area contributed by atoms with E-state index in [2.05, 4.69) is 0 Å². The van der Waals surface area contributed by atoms with E-state index in [-0.39, 0.29) is 5.11 Å². The van der Waals surface area contributed by atoms with Gasteiger partial charge in [-0.25, -0.2) is 4.79 Å². The van der Waals surface area contributed by atoms with Crippen LogP contribution in [0, 0.1) is 13.8 Å². The second-order valence-corrected chi connectivity index (χ2v) is 4.97. The second-order valence-electron chi connectivity index (χ2n) is 4.55. The third kappa shape index (κ3) is 3.67. The van der Waals surface area contributed by atoms with Gasteiger partial charge in [-0.15, -0.1) is 0 Å². The van der Waals surface area contributed by atoms with Crippen molar-refractivity contribution in [1.82, 2.24) is 4.90 Å². The van der Waals surface area contributed by atoms with Crippen LogP contribution in [0.15, 0.2) is 18.2 Å². The number of benzene rings is 1. The molecule has 0 aliphatic rings. The van der Waals surface area contributed by atoms with E-state index < -0.39 is 12.0 Å². The van der Waals surface area contributed by atoms with E-state index in [0.29, 0.717) is 13.0 Å². The van der Waals surface area contributed by atoms with Crippen molar-refractivity contribution >= 4 is 23.3 Å². The van der Waals surface area contributed by atoms with Gasteiger partial charge in [-0.2, -0.15) is 0 Å². The van der Waals surface area contributed by atoms with Crippen LogP contribution in [0.25, 0.3) is 0 Å². The van der Waals surface area contributed by atoms with Gasteiger partial charge in [0.1, 0.15) is 6.04 Å². The van der Waals surface area contributed by atoms with Crippen LogP contribution in [0.3, 0.4) is 0 Å². The molecule has 104 valence electrons. The summed E-state index contributed by atoms with van der Waals surface area (Å²) in [6.45, 7) is 6.30. The Kier molecular flexibility index (Phi) is 5.30. The minimum atomic E-state index is -0.905. The summed E-state index contributed by atoms with van der Waals surface area (Å²) in [5, 5.41) is 9.54. The lowest BCUT2D eigenvalue weighted by molar-refractivity contribution is -0.141. The first-order valence-corrected chi connectivity index (χ1v) is 6.63. The number of thiocarbonyl (C=S) groups is 1. The molecule has 0 fully saturated rings. The van der Waals surface area contributed by atoms with Gasteiger partial charge in [-0.05, 0) is 49.7 Å². The first-order valence-electron chi connectivity index (χ1n) is 6.22. The third-order valence-corrected chi connectivity index (χ3v) is 3.56. The maximum atomic E-state index is 11.5. The Labute approximate surface area is 119 Å². The van der Waals surface area contributed by atoms with Crippen molar-refractivity contribution in [1.29, 1.82) is 0 Å². The van der Waals surface area contributed by atoms with E-state index in [1.165, 1.54) is 0 Å². The molecular formula is C14H20N2O2S. The molecule has 1 atom stereocenters. The SMILES string of the molecule is CCN(C(N)=S)C(Cc1c(C)cccc1C)C(=O)O. The molecule has 19 heavy (non-hydrogen) atoms. The van der Waals surface area contributed by atoms with Crippen LogP contribution < -0.4 is 5.73 Å². The molecule has 0 amide bonds. The zero-order valence-corrected chi connectivity index (χ0v) is 12.3. The zero-order chi connectivity index (χ0) is 14.6. The van der Waals surface area contributed by atoms with Crippen LogP contribution in [0.5, 0.6) is 0 Å². The van der Waals surface area contributed by atoms with E-state index in [0.717, 1.165) is 16.7 Å². The molecule has 0 bridgehead atoms. The first kappa shape index (κ1) is 15.4. The standard InChI is InChI=1S/C14H20N2O2S/c1-4-16(14(15)19)12(13(17)18)8-11-9(2)6-5-7-10(11)3/h5-7,12H,4,8H2,1-3H3,(H2,15,19)(H,17,18). The van der Waals surface area contributed by atoms with Crippen molar-refractivity contribution < 1.29 is 9.90 Å². The topological polar surface area (TPSA) is 66.6 Å². The molecule has 0 aromatic heterocycles. The summed E-state index contributed by atoms with van der Waals surface area (Å²) in [7, 11) is 0. The molecule has 0 radical (unpaired) electrons. The average molecular weight is 280 g/mol. The highest BCUT2D eigenvalue weighted by Gasteiger charge is 2.26. The molecule has 0 aliphatic heterocycles. The first-order chi connectivity index (χ1) is 8.88. The molecule has 1 unspecified atom stereocenters.